The first-order valence-corrected chi connectivity index (χ1v) is 3.42. The Hall–Kier alpha value is -1.44. The van der Waals surface area contributed by atoms with Crippen molar-refractivity contribution in [3.05, 3.63) is 43.1 Å². The van der Waals surface area contributed by atoms with Gasteiger partial charge in [-0.15, -0.1) is 0 Å². The van der Waals surface area contributed by atoms with Gasteiger partial charge in [0.25, 0.3) is 0 Å². The quantitative estimate of drug-likeness (QED) is 0.605. The van der Waals surface area contributed by atoms with Crippen LogP contribution in [-0.2, 0) is 0 Å². The van der Waals surface area contributed by atoms with E-state index in [0.717, 1.165) is 11.4 Å². The highest BCUT2D eigenvalue weighted by atomic mass is 16.5. The van der Waals surface area contributed by atoms with Crippen molar-refractivity contribution in [2.45, 2.75) is 0 Å². The van der Waals surface area contributed by atoms with Gasteiger partial charge in [0.05, 0.1) is 5.69 Å². The lowest BCUT2D eigenvalue weighted by atomic mass is 10.3. The largest absolute Gasteiger partial charge is 0.458 e. The Morgan fingerprint density at radius 2 is 2.09 bits per heavy atom. The van der Waals surface area contributed by atoms with Crippen molar-refractivity contribution in [2.24, 2.45) is 0 Å². The third kappa shape index (κ3) is 1.07. The summed E-state index contributed by atoms with van der Waals surface area (Å²) in [6.07, 6.45) is 1.74. The molecule has 2 nitrogen and oxygen atoms in total. The van der Waals surface area contributed by atoms with Gasteiger partial charge in [0.1, 0.15) is 11.5 Å². The van der Waals surface area contributed by atoms with Crippen LogP contribution in [0, 0.1) is 6.92 Å². The molecular formula is C9H8NO. The summed E-state index contributed by atoms with van der Waals surface area (Å²) >= 11 is 0. The zero-order chi connectivity index (χ0) is 7.68. The van der Waals surface area contributed by atoms with Crippen LogP contribution < -0.4 is 10.1 Å². The van der Waals surface area contributed by atoms with E-state index in [2.05, 4.69) is 12.2 Å². The summed E-state index contributed by atoms with van der Waals surface area (Å²) in [7, 11) is 0. The first-order valence-electron chi connectivity index (χ1n) is 3.42. The molecule has 0 bridgehead atoms. The monoisotopic (exact) mass is 146 g/mol. The predicted octanol–water partition coefficient (Wildman–Crippen LogP) is 2.17. The minimum Gasteiger partial charge on any atom is -0.458 e. The van der Waals surface area contributed by atoms with Crippen molar-refractivity contribution in [1.82, 2.24) is 0 Å². The molecule has 1 N–H and O–H groups in total. The normalized spacial score (nSPS) is 14.1. The molecule has 0 amide bonds. The van der Waals surface area contributed by atoms with Gasteiger partial charge in [-0.05, 0) is 12.1 Å². The van der Waals surface area contributed by atoms with Gasteiger partial charge in [0, 0.05) is 13.1 Å². The van der Waals surface area contributed by atoms with E-state index in [4.69, 9.17) is 4.74 Å². The van der Waals surface area contributed by atoms with Crippen molar-refractivity contribution in [3.8, 4) is 5.75 Å². The molecule has 1 heterocycles. The van der Waals surface area contributed by atoms with Gasteiger partial charge in [-0.1, -0.05) is 12.1 Å². The molecule has 2 heteroatoms. The molecule has 0 atom stereocenters. The lowest BCUT2D eigenvalue weighted by Gasteiger charge is -2.15. The Morgan fingerprint density at radius 3 is 3.00 bits per heavy atom. The first kappa shape index (κ1) is 6.28. The lowest BCUT2D eigenvalue weighted by molar-refractivity contribution is 0.439. The molecule has 1 aliphatic rings. The maximum Gasteiger partial charge on any atom is 0.150 e. The maximum atomic E-state index is 5.32. The molecule has 1 aliphatic heterocycles. The van der Waals surface area contributed by atoms with Crippen molar-refractivity contribution in [2.75, 3.05) is 5.32 Å². The van der Waals surface area contributed by atoms with E-state index in [9.17, 15) is 0 Å². The number of benzene rings is 1. The van der Waals surface area contributed by atoms with Gasteiger partial charge in [0.15, 0.2) is 0 Å². The van der Waals surface area contributed by atoms with Gasteiger partial charge >= 0.3 is 0 Å². The van der Waals surface area contributed by atoms with Gasteiger partial charge in [-0.2, -0.15) is 0 Å². The number of anilines is 1. The third-order valence-electron chi connectivity index (χ3n) is 1.52. The molecule has 55 valence electrons. The second-order valence-electron chi connectivity index (χ2n) is 2.35. The molecule has 0 unspecified atom stereocenters. The van der Waals surface area contributed by atoms with Crippen molar-refractivity contribution >= 4 is 5.69 Å². The number of hydrogen-bond donors (Lipinski definition) is 1. The molecule has 11 heavy (non-hydrogen) atoms. The summed E-state index contributed by atoms with van der Waals surface area (Å²) in [4.78, 5) is 0. The molecule has 0 saturated heterocycles. The van der Waals surface area contributed by atoms with Gasteiger partial charge < -0.3 is 10.1 Å². The van der Waals surface area contributed by atoms with Crippen LogP contribution in [0.5, 0.6) is 5.75 Å². The standard InChI is InChI=1S/C9H8NO/c1-7-6-10-8-4-2-3-5-9(8)11-7/h2-6,10H,1H2. The fourth-order valence-corrected chi connectivity index (χ4v) is 1.00. The molecule has 0 aromatic heterocycles. The van der Waals surface area contributed by atoms with E-state index in [1.54, 1.807) is 6.20 Å². The summed E-state index contributed by atoms with van der Waals surface area (Å²) in [5.41, 5.74) is 0.986. The Morgan fingerprint density at radius 1 is 1.27 bits per heavy atom. The average molecular weight is 146 g/mol. The summed E-state index contributed by atoms with van der Waals surface area (Å²) < 4.78 is 5.32. The number of hydrogen-bond acceptors (Lipinski definition) is 2. The minimum absolute atomic E-state index is 0.642. The highest BCUT2D eigenvalue weighted by Gasteiger charge is 2.06. The highest BCUT2D eigenvalue weighted by Crippen LogP contribution is 2.28. The van der Waals surface area contributed by atoms with Gasteiger partial charge in [0.2, 0.25) is 0 Å². The smallest absolute Gasteiger partial charge is 0.150 e. The summed E-state index contributed by atoms with van der Waals surface area (Å²) in [5.74, 6) is 1.48. The molecule has 0 saturated carbocycles. The topological polar surface area (TPSA) is 21.3 Å². The predicted molar refractivity (Wildman–Crippen MR) is 44.1 cm³/mol. The highest BCUT2D eigenvalue weighted by molar-refractivity contribution is 5.60. The van der Waals surface area contributed by atoms with Crippen LogP contribution >= 0.6 is 0 Å². The number of para-hydroxylation sites is 2. The molecule has 0 fully saturated rings. The van der Waals surface area contributed by atoms with Crippen LogP contribution in [0.4, 0.5) is 5.69 Å². The Labute approximate surface area is 65.5 Å². The van der Waals surface area contributed by atoms with E-state index in [0.29, 0.717) is 5.76 Å². The Balaban J connectivity index is 2.42. The number of rotatable bonds is 0. The van der Waals surface area contributed by atoms with E-state index < -0.39 is 0 Å². The third-order valence-corrected chi connectivity index (χ3v) is 1.52. The van der Waals surface area contributed by atoms with Crippen LogP contribution in [-0.4, -0.2) is 0 Å². The van der Waals surface area contributed by atoms with E-state index in [1.165, 1.54) is 0 Å². The van der Waals surface area contributed by atoms with Crippen LogP contribution in [0.2, 0.25) is 0 Å². The molecule has 2 rings (SSSR count). The van der Waals surface area contributed by atoms with E-state index in [-0.39, 0.29) is 0 Å². The van der Waals surface area contributed by atoms with Crippen molar-refractivity contribution in [1.29, 1.82) is 0 Å². The fraction of sp³-hybridized carbons (Fsp3) is 0. The molecule has 1 aromatic carbocycles. The summed E-state index contributed by atoms with van der Waals surface area (Å²) in [5, 5.41) is 3.06. The maximum absolute atomic E-state index is 5.32. The van der Waals surface area contributed by atoms with Crippen LogP contribution in [0.15, 0.2) is 36.2 Å². The van der Waals surface area contributed by atoms with Crippen molar-refractivity contribution in [3.63, 3.8) is 0 Å². The van der Waals surface area contributed by atoms with Crippen LogP contribution in [0.1, 0.15) is 0 Å². The summed E-state index contributed by atoms with van der Waals surface area (Å²) in [6, 6.07) is 7.75. The Kier molecular flexibility index (Phi) is 1.32. The number of nitrogens with one attached hydrogen (secondary N) is 1. The number of fused-ring (bicyclic) bond motifs is 1. The van der Waals surface area contributed by atoms with Crippen LogP contribution in [0.3, 0.4) is 0 Å². The molecular weight excluding hydrogens is 138 g/mol. The number of allylic oxidation sites excluding steroid dienone is 1. The molecule has 1 aromatic rings. The minimum atomic E-state index is 0.642. The van der Waals surface area contributed by atoms with Gasteiger partial charge in [-0.25, -0.2) is 0 Å². The molecule has 0 spiro atoms. The first-order chi connectivity index (χ1) is 5.36. The van der Waals surface area contributed by atoms with E-state index in [1.807, 2.05) is 24.3 Å². The van der Waals surface area contributed by atoms with E-state index >= 15 is 0 Å². The SMILES string of the molecule is [CH2]C1=CNc2ccccc2O1. The molecule has 0 aliphatic carbocycles. The van der Waals surface area contributed by atoms with Crippen LogP contribution in [0.25, 0.3) is 0 Å². The second-order valence-corrected chi connectivity index (χ2v) is 2.35. The average Bonchev–Trinajstić information content (AvgIpc) is 2.04. The molecule has 1 radical (unpaired) electrons. The fourth-order valence-electron chi connectivity index (χ4n) is 1.00. The van der Waals surface area contributed by atoms with Crippen molar-refractivity contribution < 1.29 is 4.74 Å². The zero-order valence-electron chi connectivity index (χ0n) is 6.00. The Bertz CT molecular complexity index is 304. The second kappa shape index (κ2) is 2.31. The van der Waals surface area contributed by atoms with Gasteiger partial charge in [-0.3, -0.25) is 0 Å². The lowest BCUT2D eigenvalue weighted by Crippen LogP contribution is -2.03. The number of ether oxygens (including phenoxy) is 1. The zero-order valence-corrected chi connectivity index (χ0v) is 6.00. The summed E-state index contributed by atoms with van der Waals surface area (Å²) in [6.45, 7) is 3.67.